The van der Waals surface area contributed by atoms with Crippen LogP contribution in [0.3, 0.4) is 0 Å². The van der Waals surface area contributed by atoms with Gasteiger partial charge in [-0.25, -0.2) is 0 Å². The molecule has 0 N–H and O–H groups in total. The third-order valence-electron chi connectivity index (χ3n) is 3.63. The van der Waals surface area contributed by atoms with Gasteiger partial charge < -0.3 is 4.57 Å². The first kappa shape index (κ1) is 11.3. The van der Waals surface area contributed by atoms with Gasteiger partial charge in [0.15, 0.2) is 0 Å². The number of hydrogen-bond donors (Lipinski definition) is 0. The minimum Gasteiger partial charge on any atom is -0.350 e. The van der Waals surface area contributed by atoms with E-state index in [1.165, 1.54) is 42.4 Å². The van der Waals surface area contributed by atoms with Crippen molar-refractivity contribution < 1.29 is 0 Å². The Morgan fingerprint density at radius 3 is 2.76 bits per heavy atom. The van der Waals surface area contributed by atoms with Gasteiger partial charge in [-0.15, -0.1) is 0 Å². The summed E-state index contributed by atoms with van der Waals surface area (Å²) in [7, 11) is 2.13. The monoisotopic (exact) mass is 292 g/mol. The molecule has 0 aliphatic carbocycles. The SMILES string of the molecule is Cn1cc(CN2CCCC2)c2ccc(Br)cc21. The van der Waals surface area contributed by atoms with Crippen molar-refractivity contribution in [2.75, 3.05) is 13.1 Å². The van der Waals surface area contributed by atoms with Gasteiger partial charge in [0.05, 0.1) is 0 Å². The van der Waals surface area contributed by atoms with E-state index in [0.29, 0.717) is 0 Å². The minimum absolute atomic E-state index is 1.10. The molecule has 1 aliphatic heterocycles. The molecule has 0 atom stereocenters. The van der Waals surface area contributed by atoms with E-state index >= 15 is 0 Å². The number of likely N-dealkylation sites (tertiary alicyclic amines) is 1. The lowest BCUT2D eigenvalue weighted by Crippen LogP contribution is -2.18. The molecule has 2 heterocycles. The smallest absolute Gasteiger partial charge is 0.0492 e. The molecular formula is C14H17BrN2. The van der Waals surface area contributed by atoms with Gasteiger partial charge in [0, 0.05) is 35.2 Å². The van der Waals surface area contributed by atoms with Gasteiger partial charge in [-0.1, -0.05) is 22.0 Å². The lowest BCUT2D eigenvalue weighted by atomic mass is 10.1. The fraction of sp³-hybridized carbons (Fsp3) is 0.429. The van der Waals surface area contributed by atoms with Crippen molar-refractivity contribution in [2.24, 2.45) is 7.05 Å². The molecule has 3 rings (SSSR count). The third-order valence-corrected chi connectivity index (χ3v) is 4.12. The fourth-order valence-electron chi connectivity index (χ4n) is 2.75. The average Bonchev–Trinajstić information content (AvgIpc) is 2.89. The third kappa shape index (κ3) is 2.14. The maximum atomic E-state index is 3.54. The second-order valence-electron chi connectivity index (χ2n) is 4.91. The summed E-state index contributed by atoms with van der Waals surface area (Å²) in [6.07, 6.45) is 4.99. The Morgan fingerprint density at radius 1 is 1.24 bits per heavy atom. The van der Waals surface area contributed by atoms with E-state index < -0.39 is 0 Å². The maximum absolute atomic E-state index is 3.54. The summed E-state index contributed by atoms with van der Waals surface area (Å²) in [5.41, 5.74) is 2.77. The number of nitrogens with zero attached hydrogens (tertiary/aromatic N) is 2. The van der Waals surface area contributed by atoms with Crippen molar-refractivity contribution in [1.82, 2.24) is 9.47 Å². The topological polar surface area (TPSA) is 8.17 Å². The van der Waals surface area contributed by atoms with E-state index in [-0.39, 0.29) is 0 Å². The highest BCUT2D eigenvalue weighted by Crippen LogP contribution is 2.26. The molecule has 0 amide bonds. The van der Waals surface area contributed by atoms with Crippen LogP contribution < -0.4 is 0 Å². The summed E-state index contributed by atoms with van der Waals surface area (Å²) in [6.45, 7) is 3.61. The van der Waals surface area contributed by atoms with Crippen LogP contribution in [0.1, 0.15) is 18.4 Å². The van der Waals surface area contributed by atoms with Crippen LogP contribution in [-0.2, 0) is 13.6 Å². The Hall–Kier alpha value is -0.800. The van der Waals surface area contributed by atoms with E-state index in [1.54, 1.807) is 0 Å². The summed E-state index contributed by atoms with van der Waals surface area (Å²) in [6, 6.07) is 6.56. The fourth-order valence-corrected chi connectivity index (χ4v) is 3.10. The number of fused-ring (bicyclic) bond motifs is 1. The molecule has 17 heavy (non-hydrogen) atoms. The van der Waals surface area contributed by atoms with E-state index in [1.807, 2.05) is 0 Å². The highest BCUT2D eigenvalue weighted by atomic mass is 79.9. The second-order valence-corrected chi connectivity index (χ2v) is 5.83. The highest BCUT2D eigenvalue weighted by molar-refractivity contribution is 9.10. The number of aryl methyl sites for hydroxylation is 1. The molecule has 1 saturated heterocycles. The molecule has 90 valence electrons. The maximum Gasteiger partial charge on any atom is 0.0492 e. The van der Waals surface area contributed by atoms with E-state index in [9.17, 15) is 0 Å². The first-order chi connectivity index (χ1) is 8.24. The molecule has 1 fully saturated rings. The van der Waals surface area contributed by atoms with Crippen molar-refractivity contribution >= 4 is 26.8 Å². The first-order valence-corrected chi connectivity index (χ1v) is 6.99. The van der Waals surface area contributed by atoms with E-state index in [2.05, 4.69) is 56.8 Å². The summed E-state index contributed by atoms with van der Waals surface area (Å²) in [4.78, 5) is 2.55. The number of halogens is 1. The van der Waals surface area contributed by atoms with Crippen LogP contribution in [0, 0.1) is 0 Å². The number of rotatable bonds is 2. The van der Waals surface area contributed by atoms with Crippen molar-refractivity contribution in [3.05, 3.63) is 34.4 Å². The van der Waals surface area contributed by atoms with Crippen molar-refractivity contribution in [3.8, 4) is 0 Å². The number of hydrogen-bond acceptors (Lipinski definition) is 1. The van der Waals surface area contributed by atoms with Crippen LogP contribution in [0.2, 0.25) is 0 Å². The van der Waals surface area contributed by atoms with Crippen molar-refractivity contribution in [1.29, 1.82) is 0 Å². The van der Waals surface area contributed by atoms with E-state index in [4.69, 9.17) is 0 Å². The predicted molar refractivity (Wildman–Crippen MR) is 75.1 cm³/mol. The molecule has 0 radical (unpaired) electrons. The van der Waals surface area contributed by atoms with Crippen LogP contribution in [0.25, 0.3) is 10.9 Å². The lowest BCUT2D eigenvalue weighted by molar-refractivity contribution is 0.332. The highest BCUT2D eigenvalue weighted by Gasteiger charge is 2.14. The molecule has 1 aliphatic rings. The lowest BCUT2D eigenvalue weighted by Gasteiger charge is -2.13. The molecule has 1 aromatic carbocycles. The van der Waals surface area contributed by atoms with Crippen LogP contribution in [0.4, 0.5) is 0 Å². The number of aromatic nitrogens is 1. The standard InChI is InChI=1S/C14H17BrN2/c1-16-9-11(10-17-6-2-3-7-17)13-5-4-12(15)8-14(13)16/h4-5,8-9H,2-3,6-7,10H2,1H3. The molecular weight excluding hydrogens is 276 g/mol. The summed E-state index contributed by atoms with van der Waals surface area (Å²) in [5.74, 6) is 0. The molecule has 0 saturated carbocycles. The zero-order valence-electron chi connectivity index (χ0n) is 10.1. The minimum atomic E-state index is 1.10. The second kappa shape index (κ2) is 4.46. The van der Waals surface area contributed by atoms with Gasteiger partial charge in [0.25, 0.3) is 0 Å². The van der Waals surface area contributed by atoms with Crippen LogP contribution in [-0.4, -0.2) is 22.6 Å². The summed E-state index contributed by atoms with van der Waals surface area (Å²) < 4.78 is 3.38. The Labute approximate surface area is 110 Å². The largest absolute Gasteiger partial charge is 0.350 e. The molecule has 0 bridgehead atoms. The first-order valence-electron chi connectivity index (χ1n) is 6.20. The van der Waals surface area contributed by atoms with Crippen LogP contribution in [0.15, 0.2) is 28.9 Å². The van der Waals surface area contributed by atoms with Crippen molar-refractivity contribution in [3.63, 3.8) is 0 Å². The van der Waals surface area contributed by atoms with E-state index in [0.717, 1.165) is 11.0 Å². The Morgan fingerprint density at radius 2 is 2.00 bits per heavy atom. The van der Waals surface area contributed by atoms with Gasteiger partial charge in [-0.3, -0.25) is 4.90 Å². The molecule has 0 spiro atoms. The van der Waals surface area contributed by atoms with Crippen LogP contribution >= 0.6 is 15.9 Å². The van der Waals surface area contributed by atoms with Gasteiger partial charge in [0.2, 0.25) is 0 Å². The van der Waals surface area contributed by atoms with Gasteiger partial charge in [-0.05, 0) is 43.6 Å². The molecule has 3 heteroatoms. The number of benzene rings is 1. The van der Waals surface area contributed by atoms with Crippen LogP contribution in [0.5, 0.6) is 0 Å². The Balaban J connectivity index is 1.98. The molecule has 2 nitrogen and oxygen atoms in total. The van der Waals surface area contributed by atoms with Crippen molar-refractivity contribution in [2.45, 2.75) is 19.4 Å². The zero-order valence-corrected chi connectivity index (χ0v) is 11.7. The average molecular weight is 293 g/mol. The quantitative estimate of drug-likeness (QED) is 0.822. The molecule has 0 unspecified atom stereocenters. The summed E-state index contributed by atoms with van der Waals surface area (Å²) in [5, 5.41) is 1.39. The Bertz CT molecular complexity index is 538. The predicted octanol–water partition coefficient (Wildman–Crippen LogP) is 3.54. The summed E-state index contributed by atoms with van der Waals surface area (Å²) >= 11 is 3.54. The zero-order chi connectivity index (χ0) is 11.8. The molecule has 1 aromatic heterocycles. The van der Waals surface area contributed by atoms with Gasteiger partial charge >= 0.3 is 0 Å². The molecule has 2 aromatic rings. The van der Waals surface area contributed by atoms with Gasteiger partial charge in [-0.2, -0.15) is 0 Å². The normalized spacial score (nSPS) is 17.1. The van der Waals surface area contributed by atoms with Gasteiger partial charge in [0.1, 0.15) is 0 Å². The Kier molecular flexibility index (Phi) is 2.97.